The zero-order valence-corrected chi connectivity index (χ0v) is 16.0. The van der Waals surface area contributed by atoms with Gasteiger partial charge in [-0.1, -0.05) is 48.0 Å². The zero-order chi connectivity index (χ0) is 19.1. The van der Waals surface area contributed by atoms with Gasteiger partial charge in [0.05, 0.1) is 12.6 Å². The van der Waals surface area contributed by atoms with Crippen LogP contribution in [0.1, 0.15) is 29.7 Å². The molecule has 1 heterocycles. The molecule has 2 aromatic carbocycles. The average Bonchev–Trinajstić information content (AvgIpc) is 3.09. The lowest BCUT2D eigenvalue weighted by molar-refractivity contribution is 0.187. The van der Waals surface area contributed by atoms with Gasteiger partial charge < -0.3 is 20.7 Å². The second-order valence-electron chi connectivity index (χ2n) is 6.68. The van der Waals surface area contributed by atoms with E-state index < -0.39 is 6.10 Å². The van der Waals surface area contributed by atoms with Gasteiger partial charge >= 0.3 is 0 Å². The van der Waals surface area contributed by atoms with Crippen LogP contribution in [0.25, 0.3) is 10.9 Å². The molecular weight excluding hydrogens is 336 g/mol. The van der Waals surface area contributed by atoms with Crippen LogP contribution in [0.5, 0.6) is 0 Å². The Hall–Kier alpha value is -2.79. The molecule has 3 aromatic rings. The number of para-hydroxylation sites is 1. The minimum atomic E-state index is -0.602. The van der Waals surface area contributed by atoms with Gasteiger partial charge in [0.2, 0.25) is 0 Å². The first-order valence-corrected chi connectivity index (χ1v) is 9.49. The van der Waals surface area contributed by atoms with Crippen molar-refractivity contribution < 1.29 is 5.11 Å². The molecule has 27 heavy (non-hydrogen) atoms. The fourth-order valence-electron chi connectivity index (χ4n) is 3.07. The number of nitrogens with zero attached hydrogens (tertiary/aromatic N) is 1. The fraction of sp³-hybridized carbons (Fsp3) is 0.318. The summed E-state index contributed by atoms with van der Waals surface area (Å²) in [7, 11) is 0. The predicted octanol–water partition coefficient (Wildman–Crippen LogP) is 3.31. The summed E-state index contributed by atoms with van der Waals surface area (Å²) in [5.41, 5.74) is 4.52. The maximum atomic E-state index is 10.4. The monoisotopic (exact) mass is 364 g/mol. The third-order valence-corrected chi connectivity index (χ3v) is 4.59. The normalized spacial score (nSPS) is 12.9. The molecule has 0 aliphatic carbocycles. The Morgan fingerprint density at radius 2 is 1.89 bits per heavy atom. The summed E-state index contributed by atoms with van der Waals surface area (Å²) in [6.45, 7) is 5.95. The number of aryl methyl sites for hydroxylation is 1. The number of hydrogen-bond acceptors (Lipinski definition) is 2. The molecule has 5 nitrogen and oxygen atoms in total. The highest BCUT2D eigenvalue weighted by Gasteiger charge is 2.08. The van der Waals surface area contributed by atoms with Gasteiger partial charge in [-0.25, -0.2) is 0 Å². The highest BCUT2D eigenvalue weighted by molar-refractivity contribution is 5.83. The van der Waals surface area contributed by atoms with Gasteiger partial charge in [-0.15, -0.1) is 0 Å². The molecule has 1 atom stereocenters. The standard InChI is InChI=1S/C22H28N4O/c1-3-23-22(26-15-21(27)17-10-8-16(2)9-11-17)24-13-12-18-14-25-20-7-5-4-6-19(18)20/h4-11,14,21,25,27H,3,12-13,15H2,1-2H3,(H2,23,24,26). The van der Waals surface area contributed by atoms with Crippen LogP contribution in [0, 0.1) is 6.92 Å². The molecule has 5 heteroatoms. The number of aliphatic hydroxyl groups is 1. The second kappa shape index (κ2) is 9.24. The summed E-state index contributed by atoms with van der Waals surface area (Å²) in [6, 6.07) is 16.2. The molecular formula is C22H28N4O. The molecule has 0 radical (unpaired) electrons. The number of aromatic nitrogens is 1. The van der Waals surface area contributed by atoms with Crippen LogP contribution in [0.15, 0.2) is 59.7 Å². The van der Waals surface area contributed by atoms with E-state index in [0.717, 1.165) is 36.6 Å². The lowest BCUT2D eigenvalue weighted by Gasteiger charge is -2.13. The maximum absolute atomic E-state index is 10.4. The summed E-state index contributed by atoms with van der Waals surface area (Å²) in [5, 5.41) is 18.2. The highest BCUT2D eigenvalue weighted by atomic mass is 16.3. The molecule has 1 aromatic heterocycles. The van der Waals surface area contributed by atoms with Crippen molar-refractivity contribution in [1.82, 2.24) is 15.6 Å². The number of hydrogen-bond donors (Lipinski definition) is 4. The van der Waals surface area contributed by atoms with E-state index in [9.17, 15) is 5.11 Å². The van der Waals surface area contributed by atoms with Crippen LogP contribution >= 0.6 is 0 Å². The molecule has 3 rings (SSSR count). The molecule has 0 bridgehead atoms. The number of H-pyrrole nitrogens is 1. The Balaban J connectivity index is 1.56. The number of fused-ring (bicyclic) bond motifs is 1. The second-order valence-corrected chi connectivity index (χ2v) is 6.68. The minimum absolute atomic E-state index is 0.325. The van der Waals surface area contributed by atoms with Crippen LogP contribution in [0.3, 0.4) is 0 Å². The van der Waals surface area contributed by atoms with Crippen LogP contribution in [-0.4, -0.2) is 35.7 Å². The van der Waals surface area contributed by atoms with E-state index in [4.69, 9.17) is 0 Å². The van der Waals surface area contributed by atoms with Crippen molar-refractivity contribution in [2.75, 3.05) is 19.6 Å². The van der Waals surface area contributed by atoms with E-state index in [2.05, 4.69) is 45.0 Å². The summed E-state index contributed by atoms with van der Waals surface area (Å²) in [5.74, 6) is 0.725. The van der Waals surface area contributed by atoms with E-state index >= 15 is 0 Å². The third kappa shape index (κ3) is 5.11. The lowest BCUT2D eigenvalue weighted by Crippen LogP contribution is -2.38. The maximum Gasteiger partial charge on any atom is 0.191 e. The Kier molecular flexibility index (Phi) is 6.49. The van der Waals surface area contributed by atoms with Gasteiger partial charge in [0.15, 0.2) is 5.96 Å². The van der Waals surface area contributed by atoms with Crippen molar-refractivity contribution in [2.45, 2.75) is 26.4 Å². The van der Waals surface area contributed by atoms with Crippen LogP contribution < -0.4 is 10.6 Å². The molecule has 0 aliphatic heterocycles. The van der Waals surface area contributed by atoms with Crippen molar-refractivity contribution in [3.8, 4) is 0 Å². The molecule has 0 saturated carbocycles. The largest absolute Gasteiger partial charge is 0.386 e. The van der Waals surface area contributed by atoms with Gasteiger partial charge in [0.25, 0.3) is 0 Å². The summed E-state index contributed by atoms with van der Waals surface area (Å²) < 4.78 is 0. The molecule has 0 fully saturated rings. The van der Waals surface area contributed by atoms with Crippen LogP contribution in [-0.2, 0) is 6.42 Å². The van der Waals surface area contributed by atoms with Gasteiger partial charge in [0.1, 0.15) is 0 Å². The Morgan fingerprint density at radius 3 is 2.67 bits per heavy atom. The van der Waals surface area contributed by atoms with Crippen molar-refractivity contribution in [3.63, 3.8) is 0 Å². The number of benzene rings is 2. The smallest absolute Gasteiger partial charge is 0.191 e. The van der Waals surface area contributed by atoms with E-state index in [-0.39, 0.29) is 0 Å². The number of rotatable bonds is 7. The highest BCUT2D eigenvalue weighted by Crippen LogP contribution is 2.17. The molecule has 0 saturated heterocycles. The first-order valence-electron chi connectivity index (χ1n) is 9.49. The number of nitrogens with one attached hydrogen (secondary N) is 3. The van der Waals surface area contributed by atoms with Crippen LogP contribution in [0.4, 0.5) is 0 Å². The van der Waals surface area contributed by atoms with E-state index in [1.165, 1.54) is 16.5 Å². The minimum Gasteiger partial charge on any atom is -0.386 e. The third-order valence-electron chi connectivity index (χ3n) is 4.59. The predicted molar refractivity (Wildman–Crippen MR) is 112 cm³/mol. The average molecular weight is 364 g/mol. The molecule has 1 unspecified atom stereocenters. The zero-order valence-electron chi connectivity index (χ0n) is 16.0. The first-order chi connectivity index (χ1) is 13.2. The lowest BCUT2D eigenvalue weighted by atomic mass is 10.1. The first kappa shape index (κ1) is 19.0. The van der Waals surface area contributed by atoms with Gasteiger partial charge in [-0.05, 0) is 37.5 Å². The Labute approximate surface area is 160 Å². The van der Waals surface area contributed by atoms with Crippen molar-refractivity contribution in [1.29, 1.82) is 0 Å². The molecule has 142 valence electrons. The van der Waals surface area contributed by atoms with Gasteiger partial charge in [0, 0.05) is 30.2 Å². The molecule has 0 spiro atoms. The van der Waals surface area contributed by atoms with E-state index in [0.29, 0.717) is 6.54 Å². The van der Waals surface area contributed by atoms with E-state index in [1.54, 1.807) is 0 Å². The topological polar surface area (TPSA) is 72.4 Å². The Bertz CT molecular complexity index is 883. The number of aliphatic imine (C=N–C) groups is 1. The number of guanidine groups is 1. The van der Waals surface area contributed by atoms with Crippen molar-refractivity contribution in [3.05, 3.63) is 71.4 Å². The number of aliphatic hydroxyl groups excluding tert-OH is 1. The Morgan fingerprint density at radius 1 is 1.11 bits per heavy atom. The fourth-order valence-corrected chi connectivity index (χ4v) is 3.07. The van der Waals surface area contributed by atoms with E-state index in [1.807, 2.05) is 44.2 Å². The summed E-state index contributed by atoms with van der Waals surface area (Å²) in [4.78, 5) is 7.84. The SMILES string of the molecule is CCNC(=NCC(O)c1ccc(C)cc1)NCCc1c[nH]c2ccccc12. The van der Waals surface area contributed by atoms with Crippen LogP contribution in [0.2, 0.25) is 0 Å². The number of aromatic amines is 1. The van der Waals surface area contributed by atoms with Gasteiger partial charge in [-0.3, -0.25) is 4.99 Å². The summed E-state index contributed by atoms with van der Waals surface area (Å²) in [6.07, 6.45) is 2.36. The quantitative estimate of drug-likeness (QED) is 0.384. The van der Waals surface area contributed by atoms with Crippen molar-refractivity contribution in [2.24, 2.45) is 4.99 Å². The molecule has 0 aliphatic rings. The van der Waals surface area contributed by atoms with Crippen molar-refractivity contribution >= 4 is 16.9 Å². The molecule has 4 N–H and O–H groups in total. The molecule has 0 amide bonds. The van der Waals surface area contributed by atoms with Gasteiger partial charge in [-0.2, -0.15) is 0 Å². The summed E-state index contributed by atoms with van der Waals surface area (Å²) >= 11 is 0.